The number of unbranched alkanes of at least 4 members (excludes halogenated alkanes) is 14. The number of hydrogen-bond acceptors (Lipinski definition) is 5. The summed E-state index contributed by atoms with van der Waals surface area (Å²) < 4.78 is 12.3. The molecule has 0 aromatic rings. The van der Waals surface area contributed by atoms with Crippen molar-refractivity contribution in [2.45, 2.75) is 221 Å². The third-order valence-electron chi connectivity index (χ3n) is 9.60. The molecule has 0 spiro atoms. The van der Waals surface area contributed by atoms with Crippen LogP contribution in [0, 0.1) is 0 Å². The summed E-state index contributed by atoms with van der Waals surface area (Å²) in [6.07, 6.45) is 30.8. The zero-order chi connectivity index (χ0) is 33.9. The van der Waals surface area contributed by atoms with E-state index in [0.717, 1.165) is 64.5 Å². The fraction of sp³-hybridized carbons (Fsp3) is 0.976. The minimum atomic E-state index is -0.408. The maximum absolute atomic E-state index is 13.3. The van der Waals surface area contributed by atoms with Crippen LogP contribution in [-0.4, -0.2) is 67.4 Å². The van der Waals surface area contributed by atoms with Crippen molar-refractivity contribution in [1.29, 1.82) is 0 Å². The van der Waals surface area contributed by atoms with Crippen molar-refractivity contribution in [2.24, 2.45) is 0 Å². The van der Waals surface area contributed by atoms with E-state index in [1.807, 2.05) is 0 Å². The highest BCUT2D eigenvalue weighted by Gasteiger charge is 2.21. The van der Waals surface area contributed by atoms with Crippen molar-refractivity contribution >= 4 is 31.0 Å². The van der Waals surface area contributed by atoms with Crippen LogP contribution in [0.4, 0.5) is 4.79 Å². The van der Waals surface area contributed by atoms with Gasteiger partial charge in [0, 0.05) is 0 Å². The van der Waals surface area contributed by atoms with E-state index in [-0.39, 0.29) is 37.0 Å². The Bertz CT molecular complexity index is 563. The summed E-state index contributed by atoms with van der Waals surface area (Å²) in [4.78, 5) is 18.6. The molecule has 0 saturated carbocycles. The predicted molar refractivity (Wildman–Crippen MR) is 217 cm³/mol. The van der Waals surface area contributed by atoms with Gasteiger partial charge in [-0.3, -0.25) is 0 Å². The quantitative estimate of drug-likeness (QED) is 0.0475. The van der Waals surface area contributed by atoms with Crippen LogP contribution in [0.2, 0.25) is 0 Å². The summed E-state index contributed by atoms with van der Waals surface area (Å²) in [5, 5.41) is 0. The fourth-order valence-corrected chi connectivity index (χ4v) is 6.41. The van der Waals surface area contributed by atoms with Gasteiger partial charge in [0.05, 0.1) is 0 Å². The molecule has 5 nitrogen and oxygen atoms in total. The van der Waals surface area contributed by atoms with Crippen LogP contribution < -0.4 is 0 Å². The molecule has 0 fully saturated rings. The van der Waals surface area contributed by atoms with Gasteiger partial charge in [-0.2, -0.15) is 0 Å². The summed E-state index contributed by atoms with van der Waals surface area (Å²) in [6, 6.07) is 0. The van der Waals surface area contributed by atoms with Crippen molar-refractivity contribution in [3.8, 4) is 0 Å². The second kappa shape index (κ2) is 41.2. The summed E-state index contributed by atoms with van der Waals surface area (Å²) in [5.41, 5.74) is 0. The topological polar surface area (TPSA) is 42.0 Å². The molecule has 0 aliphatic heterocycles. The van der Waals surface area contributed by atoms with Crippen molar-refractivity contribution in [3.05, 3.63) is 0 Å². The molecule has 292 valence electrons. The van der Waals surface area contributed by atoms with E-state index in [2.05, 4.69) is 51.3 Å². The highest BCUT2D eigenvalue weighted by Crippen LogP contribution is 2.19. The predicted octanol–water partition coefficient (Wildman–Crippen LogP) is 13.6. The van der Waals surface area contributed by atoms with E-state index >= 15 is 0 Å². The number of hydrogen-bond donors (Lipinski definition) is 0. The molecule has 2 unspecified atom stereocenters. The second-order valence-corrected chi connectivity index (χ2v) is 14.2. The highest BCUT2D eigenvalue weighted by molar-refractivity contribution is 5.85. The Hall–Kier alpha value is -0.230. The van der Waals surface area contributed by atoms with Gasteiger partial charge in [0.1, 0.15) is 12.2 Å². The van der Waals surface area contributed by atoms with Crippen LogP contribution in [0.5, 0.6) is 0 Å². The third-order valence-corrected chi connectivity index (χ3v) is 9.60. The summed E-state index contributed by atoms with van der Waals surface area (Å²) in [7, 11) is 0. The SMILES string of the molecule is CCCCCCCCC(CCCN(CCCC)CCCC)OC(=O)OC(CCCCCCCC)CCCN(CCCC)CCCC.Cl.Cl. The summed E-state index contributed by atoms with van der Waals surface area (Å²) >= 11 is 0. The zero-order valence-corrected chi connectivity index (χ0v) is 34.9. The van der Waals surface area contributed by atoms with Gasteiger partial charge in [-0.25, -0.2) is 4.79 Å². The minimum absolute atomic E-state index is 0. The Labute approximate surface area is 314 Å². The zero-order valence-electron chi connectivity index (χ0n) is 33.2. The normalized spacial score (nSPS) is 12.5. The van der Waals surface area contributed by atoms with Gasteiger partial charge in [0.25, 0.3) is 0 Å². The van der Waals surface area contributed by atoms with Gasteiger partial charge < -0.3 is 19.3 Å². The minimum Gasteiger partial charge on any atom is -0.431 e. The Kier molecular flexibility index (Phi) is 44.7. The fourth-order valence-electron chi connectivity index (χ4n) is 6.41. The first-order valence-electron chi connectivity index (χ1n) is 20.9. The molecule has 7 heteroatoms. The lowest BCUT2D eigenvalue weighted by molar-refractivity contribution is -0.0129. The molecule has 0 bridgehead atoms. The lowest BCUT2D eigenvalue weighted by Crippen LogP contribution is -2.30. The number of halogens is 2. The van der Waals surface area contributed by atoms with Crippen molar-refractivity contribution < 1.29 is 14.3 Å². The first kappa shape index (κ1) is 52.1. The van der Waals surface area contributed by atoms with Gasteiger partial charge in [-0.1, -0.05) is 131 Å². The third kappa shape index (κ3) is 34.2. The standard InChI is InChI=1S/C41H84N2O3.2ClH/c1-7-13-19-21-23-25-29-39(31-27-37-42(33-15-9-3)34-16-10-4)45-41(44)46-40(30-26-24-22-20-14-8-2)32-28-38-43(35-17-11-5)36-18-12-6;;/h39-40H,7-38H2,1-6H3;2*1H. The lowest BCUT2D eigenvalue weighted by Gasteiger charge is -2.25. The molecule has 0 amide bonds. The Balaban J connectivity index is -0.0000101. The Morgan fingerprint density at radius 1 is 0.375 bits per heavy atom. The van der Waals surface area contributed by atoms with Crippen LogP contribution in [0.15, 0.2) is 0 Å². The monoisotopic (exact) mass is 725 g/mol. The van der Waals surface area contributed by atoms with Crippen LogP contribution in [0.3, 0.4) is 0 Å². The van der Waals surface area contributed by atoms with Crippen molar-refractivity contribution in [3.63, 3.8) is 0 Å². The molecule has 0 aromatic carbocycles. The number of carbonyl (C=O) groups is 1. The van der Waals surface area contributed by atoms with Gasteiger partial charge in [-0.15, -0.1) is 24.8 Å². The molecule has 2 atom stereocenters. The van der Waals surface area contributed by atoms with Crippen molar-refractivity contribution in [1.82, 2.24) is 9.80 Å². The average Bonchev–Trinajstić information content (AvgIpc) is 3.05. The summed E-state index contributed by atoms with van der Waals surface area (Å²) in [6.45, 7) is 20.6. The van der Waals surface area contributed by atoms with E-state index in [1.165, 1.54) is 142 Å². The Morgan fingerprint density at radius 2 is 0.625 bits per heavy atom. The molecular weight excluding hydrogens is 639 g/mol. The molecule has 0 N–H and O–H groups in total. The van der Waals surface area contributed by atoms with Gasteiger partial charge in [-0.05, 0) is 116 Å². The van der Waals surface area contributed by atoms with E-state index < -0.39 is 6.16 Å². The van der Waals surface area contributed by atoms with Gasteiger partial charge in [0.2, 0.25) is 0 Å². The maximum atomic E-state index is 13.3. The van der Waals surface area contributed by atoms with Gasteiger partial charge in [0.15, 0.2) is 0 Å². The molecular formula is C41H86Cl2N2O3. The molecule has 0 radical (unpaired) electrons. The Morgan fingerprint density at radius 3 is 0.938 bits per heavy atom. The lowest BCUT2D eigenvalue weighted by atomic mass is 10.0. The molecule has 0 aliphatic rings. The maximum Gasteiger partial charge on any atom is 0.508 e. The second-order valence-electron chi connectivity index (χ2n) is 14.2. The number of carbonyl (C=O) groups excluding carboxylic acids is 1. The first-order valence-corrected chi connectivity index (χ1v) is 20.9. The van der Waals surface area contributed by atoms with E-state index in [9.17, 15) is 4.79 Å². The van der Waals surface area contributed by atoms with E-state index in [1.54, 1.807) is 0 Å². The van der Waals surface area contributed by atoms with Crippen molar-refractivity contribution in [2.75, 3.05) is 39.3 Å². The summed E-state index contributed by atoms with van der Waals surface area (Å²) in [5.74, 6) is 0. The van der Waals surface area contributed by atoms with E-state index in [0.29, 0.717) is 0 Å². The molecule has 0 aromatic heterocycles. The molecule has 0 rings (SSSR count). The van der Waals surface area contributed by atoms with Gasteiger partial charge >= 0.3 is 6.16 Å². The van der Waals surface area contributed by atoms with E-state index in [4.69, 9.17) is 9.47 Å². The largest absolute Gasteiger partial charge is 0.508 e. The highest BCUT2D eigenvalue weighted by atomic mass is 35.5. The molecule has 48 heavy (non-hydrogen) atoms. The number of ether oxygens (including phenoxy) is 2. The average molecular weight is 726 g/mol. The van der Waals surface area contributed by atoms with Crippen LogP contribution in [0.25, 0.3) is 0 Å². The van der Waals surface area contributed by atoms with Crippen LogP contribution >= 0.6 is 24.8 Å². The molecule has 0 heterocycles. The van der Waals surface area contributed by atoms with Crippen LogP contribution in [-0.2, 0) is 9.47 Å². The molecule has 0 aliphatic carbocycles. The molecule has 0 saturated heterocycles. The van der Waals surface area contributed by atoms with Crippen LogP contribution in [0.1, 0.15) is 208 Å². The number of nitrogens with zero attached hydrogens (tertiary/aromatic N) is 2. The first-order chi connectivity index (χ1) is 22.5. The smallest absolute Gasteiger partial charge is 0.431 e. The number of rotatable bonds is 36.